The Labute approximate surface area is 158 Å². The van der Waals surface area contributed by atoms with E-state index in [2.05, 4.69) is 16.8 Å². The van der Waals surface area contributed by atoms with Crippen molar-refractivity contribution in [3.05, 3.63) is 42.5 Å². The van der Waals surface area contributed by atoms with Crippen LogP contribution in [0.2, 0.25) is 0 Å². The van der Waals surface area contributed by atoms with Crippen molar-refractivity contribution in [3.63, 3.8) is 0 Å². The van der Waals surface area contributed by atoms with Crippen LogP contribution in [-0.2, 0) is 0 Å². The summed E-state index contributed by atoms with van der Waals surface area (Å²) in [7, 11) is 0. The van der Waals surface area contributed by atoms with Gasteiger partial charge in [-0.05, 0) is 42.7 Å². The fourth-order valence-electron chi connectivity index (χ4n) is 3.13. The van der Waals surface area contributed by atoms with Crippen LogP contribution in [0.3, 0.4) is 0 Å². The number of rotatable bonds is 8. The lowest BCUT2D eigenvalue weighted by atomic mass is 9.98. The van der Waals surface area contributed by atoms with E-state index in [4.69, 9.17) is 0 Å². The Morgan fingerprint density at radius 2 is 1.88 bits per heavy atom. The molecule has 0 bridgehead atoms. The monoisotopic (exact) mass is 394 g/mol. The number of unbranched alkanes of at least 4 members (excludes halogenated alkanes) is 2. The normalized spacial score (nSPS) is 16.9. The highest BCUT2D eigenvalue weighted by Crippen LogP contribution is 2.42. The molecule has 2 nitrogen and oxygen atoms in total. The third-order valence-corrected chi connectivity index (χ3v) is 5.06. The summed E-state index contributed by atoms with van der Waals surface area (Å²) >= 11 is 0.00495. The number of nitrogens with zero attached hydrogens (tertiary/aromatic N) is 1. The number of allylic oxidation sites excluding steroid dienone is 1. The molecular formula is C18H26ClF3N2S. The number of piperazine rings is 1. The van der Waals surface area contributed by atoms with Crippen molar-refractivity contribution in [2.75, 3.05) is 26.2 Å². The molecule has 0 aromatic heterocycles. The minimum Gasteiger partial charge on any atom is -0.314 e. The fraction of sp³-hybridized carbons (Fsp3) is 0.556. The third kappa shape index (κ3) is 7.60. The molecule has 1 aromatic rings. The summed E-state index contributed by atoms with van der Waals surface area (Å²) in [6.45, 7) is 7.25. The number of hydrogen-bond acceptors (Lipinski definition) is 3. The molecule has 1 aliphatic rings. The second kappa shape index (κ2) is 11.1. The zero-order valence-corrected chi connectivity index (χ0v) is 15.9. The van der Waals surface area contributed by atoms with Gasteiger partial charge in [0.25, 0.3) is 0 Å². The first kappa shape index (κ1) is 22.4. The molecule has 0 aliphatic carbocycles. The molecule has 1 saturated heterocycles. The van der Waals surface area contributed by atoms with E-state index in [1.54, 1.807) is 12.1 Å². The highest BCUT2D eigenvalue weighted by atomic mass is 35.5. The van der Waals surface area contributed by atoms with E-state index in [0.29, 0.717) is 4.90 Å². The number of halogens is 4. The van der Waals surface area contributed by atoms with Crippen LogP contribution in [0.4, 0.5) is 13.2 Å². The predicted molar refractivity (Wildman–Crippen MR) is 101 cm³/mol. The summed E-state index contributed by atoms with van der Waals surface area (Å²) in [6.07, 6.45) is 5.75. The molecule has 0 saturated carbocycles. The minimum atomic E-state index is -4.26. The Kier molecular flexibility index (Phi) is 9.94. The average Bonchev–Trinajstić information content (AvgIpc) is 2.55. The smallest absolute Gasteiger partial charge is 0.314 e. The van der Waals surface area contributed by atoms with Gasteiger partial charge >= 0.3 is 5.51 Å². The van der Waals surface area contributed by atoms with E-state index in [1.165, 1.54) is 0 Å². The van der Waals surface area contributed by atoms with Gasteiger partial charge in [0.15, 0.2) is 0 Å². The zero-order valence-electron chi connectivity index (χ0n) is 14.2. The van der Waals surface area contributed by atoms with Crippen molar-refractivity contribution >= 4 is 24.2 Å². The molecule has 1 fully saturated rings. The van der Waals surface area contributed by atoms with E-state index < -0.39 is 5.51 Å². The van der Waals surface area contributed by atoms with Crippen LogP contribution in [0.1, 0.15) is 37.3 Å². The molecule has 25 heavy (non-hydrogen) atoms. The van der Waals surface area contributed by atoms with Crippen LogP contribution in [0.5, 0.6) is 0 Å². The Morgan fingerprint density at radius 1 is 1.20 bits per heavy atom. The van der Waals surface area contributed by atoms with Crippen LogP contribution in [0.25, 0.3) is 0 Å². The maximum atomic E-state index is 12.9. The standard InChI is InChI=1S/C18H25F3N2S.ClH/c1-2-3-4-5-9-16(23-13-11-22-12-14-23)15-8-6-7-10-17(15)24-18(19,20)21;/h2,6-8,10,16,22H,1,3-5,9,11-14H2;1H/t16-;/m0./s1. The molecule has 7 heteroatoms. The molecule has 142 valence electrons. The lowest BCUT2D eigenvalue weighted by Crippen LogP contribution is -2.45. The van der Waals surface area contributed by atoms with Crippen LogP contribution in [-0.4, -0.2) is 36.6 Å². The van der Waals surface area contributed by atoms with E-state index >= 15 is 0 Å². The molecule has 1 atom stereocenters. The largest absolute Gasteiger partial charge is 0.446 e. The molecule has 0 unspecified atom stereocenters. The second-order valence-electron chi connectivity index (χ2n) is 5.96. The number of thioether (sulfide) groups is 1. The summed E-state index contributed by atoms with van der Waals surface area (Å²) in [4.78, 5) is 2.65. The van der Waals surface area contributed by atoms with E-state index in [-0.39, 0.29) is 30.2 Å². The fourth-order valence-corrected chi connectivity index (χ4v) is 3.85. The maximum Gasteiger partial charge on any atom is 0.446 e. The van der Waals surface area contributed by atoms with Gasteiger partial charge < -0.3 is 5.32 Å². The molecule has 0 radical (unpaired) electrons. The first-order chi connectivity index (χ1) is 11.5. The van der Waals surface area contributed by atoms with Crippen molar-refractivity contribution in [3.8, 4) is 0 Å². The Bertz CT molecular complexity index is 519. The highest BCUT2D eigenvalue weighted by molar-refractivity contribution is 8.00. The molecule has 1 aliphatic heterocycles. The number of benzene rings is 1. The van der Waals surface area contributed by atoms with Gasteiger partial charge in [0, 0.05) is 37.1 Å². The van der Waals surface area contributed by atoms with Crippen molar-refractivity contribution in [1.29, 1.82) is 0 Å². The Hall–Kier alpha value is -0.690. The van der Waals surface area contributed by atoms with Crippen LogP contribution < -0.4 is 5.32 Å². The number of nitrogens with one attached hydrogen (secondary N) is 1. The lowest BCUT2D eigenvalue weighted by Gasteiger charge is -2.36. The van der Waals surface area contributed by atoms with Gasteiger partial charge in [0.05, 0.1) is 0 Å². The predicted octanol–water partition coefficient (Wildman–Crippen LogP) is 5.41. The molecule has 1 N–H and O–H groups in total. The lowest BCUT2D eigenvalue weighted by molar-refractivity contribution is -0.0328. The van der Waals surface area contributed by atoms with Gasteiger partial charge in [0.2, 0.25) is 0 Å². The van der Waals surface area contributed by atoms with Crippen molar-refractivity contribution in [2.24, 2.45) is 0 Å². The van der Waals surface area contributed by atoms with Crippen LogP contribution in [0.15, 0.2) is 41.8 Å². The average molecular weight is 395 g/mol. The first-order valence-electron chi connectivity index (χ1n) is 8.41. The van der Waals surface area contributed by atoms with Gasteiger partial charge in [0.1, 0.15) is 0 Å². The summed E-state index contributed by atoms with van der Waals surface area (Å²) in [6, 6.07) is 7.02. The minimum absolute atomic E-state index is 0. The Balaban J connectivity index is 0.00000312. The van der Waals surface area contributed by atoms with Gasteiger partial charge in [-0.2, -0.15) is 13.2 Å². The summed E-state index contributed by atoms with van der Waals surface area (Å²) < 4.78 is 38.7. The molecule has 1 heterocycles. The van der Waals surface area contributed by atoms with Gasteiger partial charge in [-0.15, -0.1) is 19.0 Å². The highest BCUT2D eigenvalue weighted by Gasteiger charge is 2.32. The molecule has 2 rings (SSSR count). The molecular weight excluding hydrogens is 369 g/mol. The summed E-state index contributed by atoms with van der Waals surface area (Å²) in [5, 5.41) is 3.31. The topological polar surface area (TPSA) is 15.3 Å². The van der Waals surface area contributed by atoms with Gasteiger partial charge in [-0.3, -0.25) is 4.90 Å². The van der Waals surface area contributed by atoms with Gasteiger partial charge in [-0.1, -0.05) is 30.7 Å². The quantitative estimate of drug-likeness (QED) is 0.360. The molecule has 1 aromatic carbocycles. The van der Waals surface area contributed by atoms with Crippen LogP contribution in [0, 0.1) is 0 Å². The van der Waals surface area contributed by atoms with Gasteiger partial charge in [-0.25, -0.2) is 0 Å². The third-order valence-electron chi connectivity index (χ3n) is 4.23. The summed E-state index contributed by atoms with van der Waals surface area (Å²) in [5.41, 5.74) is -3.45. The Morgan fingerprint density at radius 3 is 2.52 bits per heavy atom. The van der Waals surface area contributed by atoms with Crippen molar-refractivity contribution in [2.45, 2.75) is 42.1 Å². The van der Waals surface area contributed by atoms with E-state index in [1.807, 2.05) is 18.2 Å². The second-order valence-corrected chi connectivity index (χ2v) is 7.07. The van der Waals surface area contributed by atoms with E-state index in [9.17, 15) is 13.2 Å². The molecule has 0 spiro atoms. The van der Waals surface area contributed by atoms with E-state index in [0.717, 1.165) is 57.4 Å². The van der Waals surface area contributed by atoms with Crippen molar-refractivity contribution < 1.29 is 13.2 Å². The number of hydrogen-bond donors (Lipinski definition) is 1. The SMILES string of the molecule is C=CCCCC[C@@H](c1ccccc1SC(F)(F)F)N1CCNCC1.Cl. The van der Waals surface area contributed by atoms with Crippen molar-refractivity contribution in [1.82, 2.24) is 10.2 Å². The first-order valence-corrected chi connectivity index (χ1v) is 9.23. The zero-order chi connectivity index (χ0) is 17.4. The number of alkyl halides is 3. The molecule has 0 amide bonds. The van der Waals surface area contributed by atoms with Crippen LogP contribution >= 0.6 is 24.2 Å². The summed E-state index contributed by atoms with van der Waals surface area (Å²) in [5.74, 6) is 0. The maximum absolute atomic E-state index is 12.9.